The number of ether oxygens (including phenoxy) is 5. The van der Waals surface area contributed by atoms with Crippen molar-refractivity contribution in [1.29, 1.82) is 0 Å². The summed E-state index contributed by atoms with van der Waals surface area (Å²) in [5, 5.41) is 8.59. The second-order valence-electron chi connectivity index (χ2n) is 25.3. The van der Waals surface area contributed by atoms with Crippen molar-refractivity contribution in [2.24, 2.45) is 0 Å². The molecule has 110 heavy (non-hydrogen) atoms. The van der Waals surface area contributed by atoms with Crippen molar-refractivity contribution in [3.8, 4) is 28.7 Å². The second kappa shape index (κ2) is 59.2. The smallest absolute Gasteiger partial charge is 0.130 e. The topological polar surface area (TPSA) is 127 Å². The lowest BCUT2D eigenvalue weighted by molar-refractivity contribution is 0.224. The van der Waals surface area contributed by atoms with Gasteiger partial charge in [0.25, 0.3) is 0 Å². The molecule has 0 N–H and O–H groups in total. The van der Waals surface area contributed by atoms with Crippen molar-refractivity contribution in [1.82, 2.24) is 49.4 Å². The number of benzene rings is 5. The van der Waals surface area contributed by atoms with Crippen molar-refractivity contribution < 1.29 is 23.7 Å². The zero-order chi connectivity index (χ0) is 75.4. The third kappa shape index (κ3) is 36.0. The van der Waals surface area contributed by atoms with Gasteiger partial charge in [0.2, 0.25) is 0 Å². The Balaban J connectivity index is 0.000000681. The van der Waals surface area contributed by atoms with Gasteiger partial charge in [0.05, 0.1) is 54.0 Å². The van der Waals surface area contributed by atoms with Crippen LogP contribution in [0.15, 0.2) is 152 Å². The Morgan fingerprint density at radius 1 is 0.227 bits per heavy atom. The summed E-state index contributed by atoms with van der Waals surface area (Å²) in [6.45, 7) is 42.3. The van der Waals surface area contributed by atoms with E-state index in [1.165, 1.54) is 45.2 Å². The normalized spacial score (nSPS) is 10.7. The number of pyridine rings is 5. The van der Waals surface area contributed by atoms with E-state index in [4.69, 9.17) is 81.7 Å². The van der Waals surface area contributed by atoms with E-state index in [0.717, 1.165) is 227 Å². The molecule has 10 aromatic rings. The first kappa shape index (κ1) is 101. The molecule has 0 fully saturated rings. The van der Waals surface area contributed by atoms with Gasteiger partial charge in [-0.3, -0.25) is 24.9 Å². The van der Waals surface area contributed by atoms with E-state index >= 15 is 0 Å². The molecule has 20 heteroatoms. The third-order valence-electron chi connectivity index (χ3n) is 18.5. The molecule has 15 nitrogen and oxygen atoms in total. The number of hydrogen-bond donors (Lipinski definition) is 0. The minimum absolute atomic E-state index is 0. The van der Waals surface area contributed by atoms with Crippen molar-refractivity contribution >= 4 is 113 Å². The number of fused-ring (bicyclic) bond motifs is 5. The molecule has 10 rings (SSSR count). The second-order valence-corrected chi connectivity index (χ2v) is 27.4. The summed E-state index contributed by atoms with van der Waals surface area (Å²) in [5.41, 5.74) is 4.38. The number of hydrogen-bond acceptors (Lipinski definition) is 15. The van der Waals surface area contributed by atoms with Crippen LogP contribution >= 0.6 is 58.0 Å². The van der Waals surface area contributed by atoms with Crippen LogP contribution in [-0.2, 0) is 0 Å². The number of aromatic nitrogens is 5. The largest absolute Gasteiger partial charge is 0.493 e. The molecule has 0 radical (unpaired) electrons. The Morgan fingerprint density at radius 3 is 0.673 bits per heavy atom. The van der Waals surface area contributed by atoms with E-state index in [1.807, 2.05) is 121 Å². The van der Waals surface area contributed by atoms with Gasteiger partial charge in [0.1, 0.15) is 35.4 Å². The molecule has 0 saturated carbocycles. The fraction of sp³-hybridized carbons (Fsp3) is 0.500. The highest BCUT2D eigenvalue weighted by Crippen LogP contribution is 2.31. The van der Waals surface area contributed by atoms with E-state index in [0.29, 0.717) is 31.7 Å². The zero-order valence-corrected chi connectivity index (χ0v) is 67.8. The molecule has 0 bridgehead atoms. The Bertz CT molecular complexity index is 4050. The van der Waals surface area contributed by atoms with Gasteiger partial charge >= 0.3 is 0 Å². The summed E-state index contributed by atoms with van der Waals surface area (Å²) in [6, 6.07) is 38.1. The molecule has 0 aliphatic heterocycles. The van der Waals surface area contributed by atoms with E-state index in [1.54, 1.807) is 31.0 Å². The van der Waals surface area contributed by atoms with Crippen LogP contribution in [0.25, 0.3) is 54.5 Å². The molecule has 0 unspecified atom stereocenters. The lowest BCUT2D eigenvalue weighted by atomic mass is 10.2. The Labute approximate surface area is 689 Å². The summed E-state index contributed by atoms with van der Waals surface area (Å²) in [6.07, 6.45) is 20.5. The highest BCUT2D eigenvalue weighted by molar-refractivity contribution is 6.32. The number of rotatable bonds is 40. The highest BCUT2D eigenvalue weighted by atomic mass is 35.5. The Kier molecular flexibility index (Phi) is 54.5. The first-order valence-corrected chi connectivity index (χ1v) is 40.1. The summed E-state index contributed by atoms with van der Waals surface area (Å²) in [5.74, 6) is 4.43. The maximum absolute atomic E-state index is 6.01. The molecule has 0 aliphatic rings. The van der Waals surface area contributed by atoms with E-state index < -0.39 is 0 Å². The van der Waals surface area contributed by atoms with E-state index in [-0.39, 0.29) is 37.1 Å². The summed E-state index contributed by atoms with van der Waals surface area (Å²) in [4.78, 5) is 33.7. The van der Waals surface area contributed by atoms with Crippen molar-refractivity contribution in [2.45, 2.75) is 171 Å². The van der Waals surface area contributed by atoms with Crippen LogP contribution in [-0.4, -0.2) is 181 Å². The molecule has 0 aliphatic carbocycles. The first-order chi connectivity index (χ1) is 51.2. The van der Waals surface area contributed by atoms with Crippen LogP contribution in [0.2, 0.25) is 25.1 Å². The molecule has 5 aromatic heterocycles. The SMILES string of the molecule is C.C.C.C.C.CCN(CC)CCCCCCOc1ccnc2cc(Cl)ccc12.CCN(CC)CCCCCOc1ccnc2cc(Cl)ccc12.CCN(CC)CCCCOc1ccnc2cc(Cl)ccc12.CCN(CC)CCCOc1ccnc2cc(Cl)ccc12.CCN(CC)CCOc1ccnc2cc(Cl)ccc12. The van der Waals surface area contributed by atoms with Gasteiger partial charge in [-0.15, -0.1) is 0 Å². The van der Waals surface area contributed by atoms with E-state index in [2.05, 4.69) is 119 Å². The Hall–Kier alpha value is -6.60. The van der Waals surface area contributed by atoms with E-state index in [9.17, 15) is 0 Å². The van der Waals surface area contributed by atoms with Crippen molar-refractivity contribution in [3.05, 3.63) is 177 Å². The average molecular weight is 1610 g/mol. The fourth-order valence-electron chi connectivity index (χ4n) is 11.9. The molecular formula is C90H135Cl5N10O5. The maximum Gasteiger partial charge on any atom is 0.130 e. The lowest BCUT2D eigenvalue weighted by Gasteiger charge is -2.18. The predicted molar refractivity (Wildman–Crippen MR) is 480 cm³/mol. The van der Waals surface area contributed by atoms with Gasteiger partial charge in [0, 0.05) is 96.1 Å². The van der Waals surface area contributed by atoms with Gasteiger partial charge in [-0.25, -0.2) is 0 Å². The van der Waals surface area contributed by atoms with Gasteiger partial charge in [-0.2, -0.15) is 0 Å². The van der Waals surface area contributed by atoms with Gasteiger partial charge in [0.15, 0.2) is 0 Å². The molecule has 0 atom stereocenters. The maximum atomic E-state index is 6.01. The summed E-state index contributed by atoms with van der Waals surface area (Å²) >= 11 is 29.9. The Morgan fingerprint density at radius 2 is 0.418 bits per heavy atom. The van der Waals surface area contributed by atoms with Crippen molar-refractivity contribution in [2.75, 3.05) is 131 Å². The van der Waals surface area contributed by atoms with Crippen molar-refractivity contribution in [3.63, 3.8) is 0 Å². The molecule has 610 valence electrons. The van der Waals surface area contributed by atoms with Crippen LogP contribution in [0.3, 0.4) is 0 Å². The number of unbranched alkanes of at least 4 members (excludes halogenated alkanes) is 6. The first-order valence-electron chi connectivity index (χ1n) is 38.2. The predicted octanol–water partition coefficient (Wildman–Crippen LogP) is 25.1. The quantitative estimate of drug-likeness (QED) is 0.0338. The lowest BCUT2D eigenvalue weighted by Crippen LogP contribution is -2.27. The summed E-state index contributed by atoms with van der Waals surface area (Å²) in [7, 11) is 0. The monoisotopic (exact) mass is 1610 g/mol. The van der Waals surface area contributed by atoms with Crippen LogP contribution in [0.5, 0.6) is 28.7 Å². The number of halogens is 5. The number of likely N-dealkylation sites (N-methyl/N-ethyl adjacent to an activating group) is 1. The number of nitrogens with zero attached hydrogens (tertiary/aromatic N) is 10. The zero-order valence-electron chi connectivity index (χ0n) is 64.1. The molecule has 0 amide bonds. The van der Waals surface area contributed by atoms with Gasteiger partial charge in [-0.1, -0.05) is 177 Å². The van der Waals surface area contributed by atoms with Crippen LogP contribution in [0, 0.1) is 0 Å². The summed E-state index contributed by atoms with van der Waals surface area (Å²) < 4.78 is 29.5. The molecular weight excluding hydrogens is 1480 g/mol. The molecule has 0 spiro atoms. The van der Waals surface area contributed by atoms with Crippen LogP contribution in [0.1, 0.15) is 171 Å². The van der Waals surface area contributed by atoms with Gasteiger partial charge in [-0.05, 0) is 258 Å². The third-order valence-corrected chi connectivity index (χ3v) is 19.6. The van der Waals surface area contributed by atoms with Crippen LogP contribution in [0.4, 0.5) is 0 Å². The highest BCUT2D eigenvalue weighted by Gasteiger charge is 2.11. The van der Waals surface area contributed by atoms with Crippen LogP contribution < -0.4 is 23.7 Å². The fourth-order valence-corrected chi connectivity index (χ4v) is 12.8. The minimum Gasteiger partial charge on any atom is -0.493 e. The average Bonchev–Trinajstić information content (AvgIpc) is 0.854. The molecule has 0 saturated heterocycles. The molecule has 5 heterocycles. The molecule has 5 aromatic carbocycles. The standard InChI is InChI=1S/C19H27ClN2O.C18H25ClN2O.C17H23ClN2O.C16H21ClN2O.C15H19ClN2O.5CH4/c1-3-22(4-2)13-7-5-6-8-14-23-19-11-12-21-18-15-16(20)9-10-17(18)19;1-3-21(4-2)12-6-5-7-13-22-18-10-11-20-17-14-15(19)8-9-16(17)18;1-3-20(4-2)11-5-6-12-21-17-9-10-19-16-13-14(18)7-8-15(16)17;1-3-19(4-2)10-5-11-20-16-8-9-18-15-12-13(17)6-7-14(15)16;1-3-18(4-2)9-10-19-15-7-8-17-14-11-12(16)5-6-13(14)15;;;;;/h9-12,15H,3-8,13-14H2,1-2H3;8-11,14H,3-7,12-13H2,1-2H3;7-10,13H,3-6,11-12H2,1-2H3;6-9,12H,3-5,10-11H2,1-2H3;5-8,11H,3-4,9-10H2,1-2H3;5*1H4. The van der Waals surface area contributed by atoms with Gasteiger partial charge < -0.3 is 48.2 Å². The minimum atomic E-state index is 0.